The molecule has 2 N–H and O–H groups in total. The van der Waals surface area contributed by atoms with Crippen LogP contribution < -0.4 is 0 Å². The Hall–Kier alpha value is -2.22. The number of hydrogen-bond acceptors (Lipinski definition) is 5. The second kappa shape index (κ2) is 4.74. The number of carboxylic acid groups (broad SMARTS) is 2. The number of hydrogen-bond donors (Lipinski definition) is 2. The van der Waals surface area contributed by atoms with E-state index in [-0.39, 0.29) is 5.02 Å². The zero-order valence-electron chi connectivity index (χ0n) is 8.03. The van der Waals surface area contributed by atoms with E-state index < -0.39 is 34.2 Å². The minimum atomic E-state index is -2.10. The third-order valence-corrected chi connectivity index (χ3v) is 2.03. The van der Waals surface area contributed by atoms with Gasteiger partial charge < -0.3 is 10.2 Å². The molecule has 0 fully saturated rings. The Labute approximate surface area is 98.6 Å². The highest BCUT2D eigenvalue weighted by Gasteiger charge is 2.35. The van der Waals surface area contributed by atoms with Crippen LogP contribution in [0.3, 0.4) is 0 Å². The van der Waals surface area contributed by atoms with Crippen LogP contribution in [-0.2, 0) is 9.59 Å². The summed E-state index contributed by atoms with van der Waals surface area (Å²) in [5.74, 6) is -5.58. The van der Waals surface area contributed by atoms with Gasteiger partial charge in [0.05, 0.1) is 9.95 Å². The molecule has 0 saturated carbocycles. The fraction of sp³-hybridized carbons (Fsp3) is 0.125. The Morgan fingerprint density at radius 3 is 2.35 bits per heavy atom. The van der Waals surface area contributed by atoms with E-state index in [1.54, 1.807) is 0 Å². The number of halogens is 1. The quantitative estimate of drug-likeness (QED) is 0.467. The molecule has 0 spiro atoms. The molecule has 1 rings (SSSR count). The molecule has 90 valence electrons. The number of pyridine rings is 1. The SMILES string of the molecule is O=C(O)C(C(=O)O)c1ncc(Cl)cc1[N+](=O)[O-]. The van der Waals surface area contributed by atoms with Crippen molar-refractivity contribution in [3.05, 3.63) is 33.1 Å². The molecule has 9 heteroatoms. The van der Waals surface area contributed by atoms with Crippen LogP contribution in [0.4, 0.5) is 5.69 Å². The van der Waals surface area contributed by atoms with Crippen LogP contribution in [0, 0.1) is 10.1 Å². The van der Waals surface area contributed by atoms with Gasteiger partial charge >= 0.3 is 11.9 Å². The Kier molecular flexibility index (Phi) is 3.59. The number of rotatable bonds is 4. The third-order valence-electron chi connectivity index (χ3n) is 1.83. The highest BCUT2D eigenvalue weighted by Crippen LogP contribution is 2.27. The topological polar surface area (TPSA) is 131 Å². The normalized spacial score (nSPS) is 10.2. The van der Waals surface area contributed by atoms with Crippen molar-refractivity contribution in [2.24, 2.45) is 0 Å². The van der Waals surface area contributed by atoms with Gasteiger partial charge in [0.25, 0.3) is 5.69 Å². The van der Waals surface area contributed by atoms with E-state index in [0.717, 1.165) is 12.3 Å². The summed E-state index contributed by atoms with van der Waals surface area (Å²) in [5, 5.41) is 27.9. The molecule has 1 aromatic rings. The number of nitro groups is 1. The predicted molar refractivity (Wildman–Crippen MR) is 53.9 cm³/mol. The Morgan fingerprint density at radius 1 is 1.41 bits per heavy atom. The number of carbonyl (C=O) groups is 2. The zero-order valence-corrected chi connectivity index (χ0v) is 8.79. The predicted octanol–water partition coefficient (Wildman–Crippen LogP) is 0.896. The molecule has 0 radical (unpaired) electrons. The summed E-state index contributed by atoms with van der Waals surface area (Å²) in [6, 6.07) is 0.850. The van der Waals surface area contributed by atoms with Gasteiger partial charge in [0, 0.05) is 12.3 Å². The molecule has 0 atom stereocenters. The van der Waals surface area contributed by atoms with E-state index in [1.165, 1.54) is 0 Å². The smallest absolute Gasteiger partial charge is 0.324 e. The second-order valence-corrected chi connectivity index (χ2v) is 3.36. The van der Waals surface area contributed by atoms with Crippen LogP contribution in [0.25, 0.3) is 0 Å². The van der Waals surface area contributed by atoms with Gasteiger partial charge in [-0.15, -0.1) is 0 Å². The van der Waals surface area contributed by atoms with E-state index in [0.29, 0.717) is 0 Å². The highest BCUT2D eigenvalue weighted by molar-refractivity contribution is 6.30. The summed E-state index contributed by atoms with van der Waals surface area (Å²) >= 11 is 5.46. The first-order chi connectivity index (χ1) is 7.84. The first-order valence-corrected chi connectivity index (χ1v) is 4.48. The summed E-state index contributed by atoms with van der Waals surface area (Å²) in [6.07, 6.45) is 0.947. The van der Waals surface area contributed by atoms with Crippen LogP contribution in [0.15, 0.2) is 12.3 Å². The van der Waals surface area contributed by atoms with Gasteiger partial charge in [-0.25, -0.2) is 0 Å². The van der Waals surface area contributed by atoms with Crippen molar-refractivity contribution in [3.63, 3.8) is 0 Å². The molecule has 0 aliphatic rings. The van der Waals surface area contributed by atoms with Crippen molar-refractivity contribution in [1.82, 2.24) is 4.98 Å². The lowest BCUT2D eigenvalue weighted by Crippen LogP contribution is -2.23. The fourth-order valence-corrected chi connectivity index (χ4v) is 1.30. The van der Waals surface area contributed by atoms with Gasteiger partial charge in [-0.3, -0.25) is 24.7 Å². The maximum atomic E-state index is 10.7. The van der Waals surface area contributed by atoms with E-state index >= 15 is 0 Å². The number of carboxylic acids is 2. The van der Waals surface area contributed by atoms with Gasteiger partial charge in [0.2, 0.25) is 5.92 Å². The van der Waals surface area contributed by atoms with Gasteiger partial charge in [0.15, 0.2) is 0 Å². The lowest BCUT2D eigenvalue weighted by atomic mass is 10.0. The highest BCUT2D eigenvalue weighted by atomic mass is 35.5. The number of aliphatic carboxylic acids is 2. The molecule has 0 aliphatic heterocycles. The van der Waals surface area contributed by atoms with Gasteiger partial charge in [-0.1, -0.05) is 11.6 Å². The average Bonchev–Trinajstić information content (AvgIpc) is 2.19. The van der Waals surface area contributed by atoms with E-state index in [2.05, 4.69) is 4.98 Å². The van der Waals surface area contributed by atoms with Crippen molar-refractivity contribution in [2.45, 2.75) is 5.92 Å². The van der Waals surface area contributed by atoms with Gasteiger partial charge in [-0.05, 0) is 0 Å². The molecule has 0 amide bonds. The average molecular weight is 261 g/mol. The minimum absolute atomic E-state index is 0.0880. The van der Waals surface area contributed by atoms with Crippen LogP contribution in [-0.4, -0.2) is 32.1 Å². The molecule has 17 heavy (non-hydrogen) atoms. The van der Waals surface area contributed by atoms with Crippen molar-refractivity contribution in [1.29, 1.82) is 0 Å². The largest absolute Gasteiger partial charge is 0.480 e. The Morgan fingerprint density at radius 2 is 1.94 bits per heavy atom. The number of aromatic nitrogens is 1. The zero-order chi connectivity index (χ0) is 13.2. The van der Waals surface area contributed by atoms with Crippen LogP contribution in [0.2, 0.25) is 5.02 Å². The third kappa shape index (κ3) is 2.67. The second-order valence-electron chi connectivity index (χ2n) is 2.92. The van der Waals surface area contributed by atoms with E-state index in [4.69, 9.17) is 21.8 Å². The Balaban J connectivity index is 3.43. The van der Waals surface area contributed by atoms with Crippen molar-refractivity contribution >= 4 is 29.2 Å². The number of nitrogens with zero attached hydrogens (tertiary/aromatic N) is 2. The molecule has 0 saturated heterocycles. The lowest BCUT2D eigenvalue weighted by Gasteiger charge is -2.07. The van der Waals surface area contributed by atoms with Gasteiger partial charge in [0.1, 0.15) is 5.69 Å². The molecule has 1 heterocycles. The Bertz CT molecular complexity index is 489. The molecule has 0 aliphatic carbocycles. The van der Waals surface area contributed by atoms with Crippen LogP contribution in [0.5, 0.6) is 0 Å². The first-order valence-electron chi connectivity index (χ1n) is 4.10. The molecular weight excluding hydrogens is 256 g/mol. The standard InChI is InChI=1S/C8H5ClN2O6/c9-3-1-4(11(16)17)6(10-2-3)5(7(12)13)8(14)15/h1-2,5H,(H,12,13)(H,14,15). The maximum Gasteiger partial charge on any atom is 0.324 e. The van der Waals surface area contributed by atoms with Gasteiger partial charge in [-0.2, -0.15) is 0 Å². The van der Waals surface area contributed by atoms with Crippen LogP contribution in [0.1, 0.15) is 11.6 Å². The fourth-order valence-electron chi connectivity index (χ4n) is 1.15. The summed E-state index contributed by atoms with van der Waals surface area (Å²) in [4.78, 5) is 34.6. The van der Waals surface area contributed by atoms with Crippen molar-refractivity contribution < 1.29 is 24.7 Å². The molecular formula is C8H5ClN2O6. The van der Waals surface area contributed by atoms with Crippen LogP contribution >= 0.6 is 11.6 Å². The molecule has 8 nitrogen and oxygen atoms in total. The van der Waals surface area contributed by atoms with Crippen molar-refractivity contribution in [3.8, 4) is 0 Å². The van der Waals surface area contributed by atoms with E-state index in [9.17, 15) is 19.7 Å². The molecule has 0 aromatic carbocycles. The molecule has 1 aromatic heterocycles. The van der Waals surface area contributed by atoms with E-state index in [1.807, 2.05) is 0 Å². The maximum absolute atomic E-state index is 10.7. The summed E-state index contributed by atoms with van der Waals surface area (Å²) in [5.41, 5.74) is -1.41. The molecule has 0 unspecified atom stereocenters. The first kappa shape index (κ1) is 12.8. The minimum Gasteiger partial charge on any atom is -0.480 e. The summed E-state index contributed by atoms with van der Waals surface area (Å²) in [6.45, 7) is 0. The summed E-state index contributed by atoms with van der Waals surface area (Å²) < 4.78 is 0. The van der Waals surface area contributed by atoms with Crippen molar-refractivity contribution in [2.75, 3.05) is 0 Å². The molecule has 0 bridgehead atoms. The summed E-state index contributed by atoms with van der Waals surface area (Å²) in [7, 11) is 0. The monoisotopic (exact) mass is 260 g/mol. The lowest BCUT2D eigenvalue weighted by molar-refractivity contribution is -0.386.